The van der Waals surface area contributed by atoms with Gasteiger partial charge in [-0.25, -0.2) is 0 Å². The number of carbonyl (C=O) groups excluding carboxylic acids is 1. The molecule has 6 nitrogen and oxygen atoms in total. The Balaban J connectivity index is 1.54. The summed E-state index contributed by atoms with van der Waals surface area (Å²) < 4.78 is 0. The van der Waals surface area contributed by atoms with Crippen LogP contribution < -0.4 is 10.2 Å². The van der Waals surface area contributed by atoms with Crippen molar-refractivity contribution in [1.82, 2.24) is 10.2 Å². The Bertz CT molecular complexity index is 1270. The van der Waals surface area contributed by atoms with Gasteiger partial charge in [0.25, 0.3) is 5.91 Å². The van der Waals surface area contributed by atoms with Crippen molar-refractivity contribution in [1.29, 1.82) is 10.5 Å². The summed E-state index contributed by atoms with van der Waals surface area (Å²) in [6, 6.07) is 27.9. The minimum Gasteiger partial charge on any atom is -0.372 e. The minimum atomic E-state index is -0.123. The van der Waals surface area contributed by atoms with Crippen molar-refractivity contribution in [3.8, 4) is 12.1 Å². The number of carbonyl (C=O) groups is 1. The molecule has 3 aromatic rings. The molecule has 2 atom stereocenters. The summed E-state index contributed by atoms with van der Waals surface area (Å²) in [4.78, 5) is 17.4. The Morgan fingerprint density at radius 1 is 0.917 bits per heavy atom. The van der Waals surface area contributed by atoms with Crippen LogP contribution in [0.15, 0.2) is 72.8 Å². The number of benzene rings is 3. The number of hydrogen-bond donors (Lipinski definition) is 1. The Hall–Kier alpha value is -4.13. The molecule has 1 amide bonds. The maximum absolute atomic E-state index is 12.8. The number of nitriles is 2. The number of anilines is 1. The molecule has 3 aromatic carbocycles. The molecule has 36 heavy (non-hydrogen) atoms. The summed E-state index contributed by atoms with van der Waals surface area (Å²) >= 11 is 0. The lowest BCUT2D eigenvalue weighted by Gasteiger charge is -2.30. The van der Waals surface area contributed by atoms with Gasteiger partial charge < -0.3 is 10.2 Å². The van der Waals surface area contributed by atoms with E-state index in [4.69, 9.17) is 5.26 Å². The van der Waals surface area contributed by atoms with Crippen molar-refractivity contribution in [3.05, 3.63) is 101 Å². The van der Waals surface area contributed by atoms with Crippen LogP contribution in [0.1, 0.15) is 58.9 Å². The number of hydrogen-bond acceptors (Lipinski definition) is 5. The van der Waals surface area contributed by atoms with Crippen LogP contribution in [0.25, 0.3) is 0 Å². The number of nitrogens with zero attached hydrogens (tertiary/aromatic N) is 4. The Morgan fingerprint density at radius 2 is 1.44 bits per heavy atom. The number of nitrogens with one attached hydrogen (secondary N) is 1. The van der Waals surface area contributed by atoms with Gasteiger partial charge in [-0.2, -0.15) is 10.5 Å². The normalized spacial score (nSPS) is 16.2. The molecular weight excluding hydrogens is 446 g/mol. The summed E-state index contributed by atoms with van der Waals surface area (Å²) in [6.45, 7) is 5.91. The molecule has 0 saturated carbocycles. The van der Waals surface area contributed by atoms with E-state index in [0.29, 0.717) is 22.7 Å². The molecule has 0 aromatic heterocycles. The molecule has 0 aliphatic carbocycles. The second kappa shape index (κ2) is 11.1. The first-order valence-electron chi connectivity index (χ1n) is 12.3. The van der Waals surface area contributed by atoms with Gasteiger partial charge in [-0.1, -0.05) is 24.3 Å². The van der Waals surface area contributed by atoms with Crippen molar-refractivity contribution >= 4 is 11.6 Å². The molecule has 1 unspecified atom stereocenters. The first-order chi connectivity index (χ1) is 17.4. The van der Waals surface area contributed by atoms with Crippen molar-refractivity contribution < 1.29 is 4.79 Å². The Labute approximate surface area is 213 Å². The van der Waals surface area contributed by atoms with Gasteiger partial charge in [0.05, 0.1) is 29.3 Å². The zero-order valence-corrected chi connectivity index (χ0v) is 21.0. The van der Waals surface area contributed by atoms with Gasteiger partial charge in [0, 0.05) is 43.5 Å². The van der Waals surface area contributed by atoms with Gasteiger partial charge in [-0.3, -0.25) is 9.69 Å². The smallest absolute Gasteiger partial charge is 0.251 e. The summed E-state index contributed by atoms with van der Waals surface area (Å²) in [5, 5.41) is 21.4. The Morgan fingerprint density at radius 3 is 1.97 bits per heavy atom. The fourth-order valence-corrected chi connectivity index (χ4v) is 4.65. The maximum atomic E-state index is 12.8. The lowest BCUT2D eigenvalue weighted by atomic mass is 9.96. The van der Waals surface area contributed by atoms with E-state index in [1.54, 1.807) is 24.3 Å². The molecule has 1 saturated heterocycles. The molecule has 1 aliphatic heterocycles. The van der Waals surface area contributed by atoms with Gasteiger partial charge in [0.2, 0.25) is 0 Å². The minimum absolute atomic E-state index is 0.0213. The second-order valence-electron chi connectivity index (χ2n) is 9.58. The molecule has 0 bridgehead atoms. The van der Waals surface area contributed by atoms with E-state index in [2.05, 4.69) is 72.4 Å². The summed E-state index contributed by atoms with van der Waals surface area (Å²) in [5.74, 6) is -0.123. The molecule has 1 N–H and O–H groups in total. The van der Waals surface area contributed by atoms with E-state index in [1.807, 2.05) is 24.3 Å². The highest BCUT2D eigenvalue weighted by Crippen LogP contribution is 2.33. The van der Waals surface area contributed by atoms with E-state index < -0.39 is 0 Å². The van der Waals surface area contributed by atoms with Crippen molar-refractivity contribution in [2.24, 2.45) is 0 Å². The fraction of sp³-hybridized carbons (Fsp3) is 0.300. The SMILES string of the molecule is CC(C)N(C)c1ccc([C@@H](c2ccc(C#N)cc2)N2CCC(NC(=O)c3ccc(C#N)cc3)C2)cc1. The van der Waals surface area contributed by atoms with E-state index in [-0.39, 0.29) is 18.0 Å². The zero-order chi connectivity index (χ0) is 25.7. The highest BCUT2D eigenvalue weighted by molar-refractivity contribution is 5.94. The number of amides is 1. The fourth-order valence-electron chi connectivity index (χ4n) is 4.65. The molecular formula is C30H31N5O. The first kappa shape index (κ1) is 25.0. The number of likely N-dealkylation sites (tertiary alicyclic amines) is 1. The van der Waals surface area contributed by atoms with Crippen LogP contribution >= 0.6 is 0 Å². The summed E-state index contributed by atoms with van der Waals surface area (Å²) in [5.41, 5.74) is 5.20. The predicted molar refractivity (Wildman–Crippen MR) is 142 cm³/mol. The monoisotopic (exact) mass is 477 g/mol. The molecule has 0 spiro atoms. The molecule has 1 aliphatic rings. The van der Waals surface area contributed by atoms with Gasteiger partial charge in [-0.15, -0.1) is 0 Å². The molecule has 1 heterocycles. The third-order valence-electron chi connectivity index (χ3n) is 6.94. The third-order valence-corrected chi connectivity index (χ3v) is 6.94. The van der Waals surface area contributed by atoms with Gasteiger partial charge >= 0.3 is 0 Å². The average molecular weight is 478 g/mol. The van der Waals surface area contributed by atoms with Crippen molar-refractivity contribution in [3.63, 3.8) is 0 Å². The van der Waals surface area contributed by atoms with E-state index in [1.165, 1.54) is 11.3 Å². The molecule has 1 fully saturated rings. The molecule has 4 rings (SSSR count). The van der Waals surface area contributed by atoms with Crippen LogP contribution in [0.3, 0.4) is 0 Å². The maximum Gasteiger partial charge on any atom is 0.251 e. The summed E-state index contributed by atoms with van der Waals surface area (Å²) in [7, 11) is 2.10. The lowest BCUT2D eigenvalue weighted by molar-refractivity contribution is 0.0937. The van der Waals surface area contributed by atoms with Crippen LogP contribution in [0, 0.1) is 22.7 Å². The van der Waals surface area contributed by atoms with Gasteiger partial charge in [0.15, 0.2) is 0 Å². The topological polar surface area (TPSA) is 83.2 Å². The van der Waals surface area contributed by atoms with Crippen LogP contribution in [0.5, 0.6) is 0 Å². The van der Waals surface area contributed by atoms with Crippen LogP contribution in [0.2, 0.25) is 0 Å². The predicted octanol–water partition coefficient (Wildman–Crippen LogP) is 4.87. The highest BCUT2D eigenvalue weighted by Gasteiger charge is 2.31. The molecule has 182 valence electrons. The van der Waals surface area contributed by atoms with Crippen LogP contribution in [-0.4, -0.2) is 43.0 Å². The number of rotatable bonds is 7. The molecule has 6 heteroatoms. The zero-order valence-electron chi connectivity index (χ0n) is 21.0. The van der Waals surface area contributed by atoms with Gasteiger partial charge in [0.1, 0.15) is 0 Å². The van der Waals surface area contributed by atoms with Crippen molar-refractivity contribution in [2.45, 2.75) is 38.4 Å². The van der Waals surface area contributed by atoms with Crippen LogP contribution in [0.4, 0.5) is 5.69 Å². The first-order valence-corrected chi connectivity index (χ1v) is 12.3. The van der Waals surface area contributed by atoms with E-state index >= 15 is 0 Å². The Kier molecular flexibility index (Phi) is 7.68. The van der Waals surface area contributed by atoms with Crippen LogP contribution in [-0.2, 0) is 0 Å². The largest absolute Gasteiger partial charge is 0.372 e. The second-order valence-corrected chi connectivity index (χ2v) is 9.58. The van der Waals surface area contributed by atoms with Gasteiger partial charge in [-0.05, 0) is 79.9 Å². The average Bonchev–Trinajstić information content (AvgIpc) is 3.36. The highest BCUT2D eigenvalue weighted by atomic mass is 16.1. The van der Waals surface area contributed by atoms with Crippen molar-refractivity contribution in [2.75, 3.05) is 25.0 Å². The quantitative estimate of drug-likeness (QED) is 0.525. The van der Waals surface area contributed by atoms with E-state index in [0.717, 1.165) is 25.1 Å². The third kappa shape index (κ3) is 5.57. The molecule has 0 radical (unpaired) electrons. The standard InChI is InChI=1S/C30H31N5O/c1-21(2)34(3)28-14-12-25(13-15-28)29(24-8-4-22(18-31)5-9-24)35-17-16-27(20-35)33-30(36)26-10-6-23(19-32)7-11-26/h4-15,21,27,29H,16-17,20H2,1-3H3,(H,33,36)/t27?,29-/m1/s1. The lowest BCUT2D eigenvalue weighted by Crippen LogP contribution is -2.38. The van der Waals surface area contributed by atoms with E-state index in [9.17, 15) is 10.1 Å². The summed E-state index contributed by atoms with van der Waals surface area (Å²) in [6.07, 6.45) is 0.850.